The maximum Gasteiger partial charge on any atom is 0.411 e. The molecule has 0 aromatic carbocycles. The van der Waals surface area contributed by atoms with Gasteiger partial charge in [-0.1, -0.05) is 0 Å². The predicted molar refractivity (Wildman–Crippen MR) is 118 cm³/mol. The van der Waals surface area contributed by atoms with E-state index in [2.05, 4.69) is 14.8 Å². The number of pyridine rings is 1. The van der Waals surface area contributed by atoms with Gasteiger partial charge in [-0.3, -0.25) is 9.69 Å². The fraction of sp³-hybridized carbons (Fsp3) is 0.696. The van der Waals surface area contributed by atoms with Gasteiger partial charge < -0.3 is 20.0 Å². The van der Waals surface area contributed by atoms with E-state index in [-0.39, 0.29) is 23.5 Å². The number of aliphatic hydroxyl groups is 1. The quantitative estimate of drug-likeness (QED) is 0.762. The number of anilines is 2. The summed E-state index contributed by atoms with van der Waals surface area (Å²) >= 11 is 0. The number of amides is 2. The molecule has 1 aromatic heterocycles. The molecule has 1 unspecified atom stereocenters. The second-order valence-corrected chi connectivity index (χ2v) is 9.38. The van der Waals surface area contributed by atoms with E-state index in [9.17, 15) is 19.8 Å². The van der Waals surface area contributed by atoms with Crippen LogP contribution in [0.2, 0.25) is 0 Å². The van der Waals surface area contributed by atoms with Gasteiger partial charge in [0.25, 0.3) is 0 Å². The number of piperidine rings is 1. The van der Waals surface area contributed by atoms with Crippen molar-refractivity contribution in [3.05, 3.63) is 17.8 Å². The third kappa shape index (κ3) is 4.10. The maximum absolute atomic E-state index is 13.5. The van der Waals surface area contributed by atoms with E-state index in [1.807, 2.05) is 13.0 Å². The molecule has 8 heteroatoms. The van der Waals surface area contributed by atoms with Gasteiger partial charge in [0.1, 0.15) is 5.82 Å². The second kappa shape index (κ2) is 8.65. The Labute approximate surface area is 183 Å². The van der Waals surface area contributed by atoms with Crippen molar-refractivity contribution in [3.8, 4) is 0 Å². The van der Waals surface area contributed by atoms with Gasteiger partial charge in [-0.05, 0) is 70.4 Å². The van der Waals surface area contributed by atoms with E-state index in [0.29, 0.717) is 18.8 Å². The summed E-state index contributed by atoms with van der Waals surface area (Å²) in [4.78, 5) is 35.2. The topological polar surface area (TPSA) is 97.2 Å². The van der Waals surface area contributed by atoms with Crippen LogP contribution in [0, 0.1) is 12.3 Å². The number of carbonyl (C=O) groups excluding carboxylic acids is 1. The number of aliphatic hydroxyl groups excluding tert-OH is 1. The SMILES string of the molecule is CCN(C(=O)O)c1cnc(N2CCCC3(CCN(C4CCC(O)CC4)C3=O)C2)c(C)c1. The summed E-state index contributed by atoms with van der Waals surface area (Å²) in [5.74, 6) is 1.12. The Bertz CT molecular complexity index is 839. The number of carboxylic acid groups (broad SMARTS) is 1. The average molecular weight is 431 g/mol. The van der Waals surface area contributed by atoms with Crippen LogP contribution in [0.4, 0.5) is 16.3 Å². The van der Waals surface area contributed by atoms with E-state index >= 15 is 0 Å². The molecule has 1 aromatic rings. The lowest BCUT2D eigenvalue weighted by molar-refractivity contribution is -0.139. The summed E-state index contributed by atoms with van der Waals surface area (Å²) in [5, 5.41) is 19.2. The maximum atomic E-state index is 13.5. The molecule has 1 saturated carbocycles. The molecule has 8 nitrogen and oxygen atoms in total. The Hall–Kier alpha value is -2.35. The van der Waals surface area contributed by atoms with Crippen molar-refractivity contribution in [1.29, 1.82) is 0 Å². The number of rotatable bonds is 4. The minimum Gasteiger partial charge on any atom is -0.465 e. The molecule has 1 spiro atoms. The van der Waals surface area contributed by atoms with Crippen LogP contribution in [0.15, 0.2) is 12.3 Å². The zero-order valence-corrected chi connectivity index (χ0v) is 18.6. The van der Waals surface area contributed by atoms with Gasteiger partial charge in [-0.25, -0.2) is 9.78 Å². The second-order valence-electron chi connectivity index (χ2n) is 9.38. The molecule has 3 heterocycles. The molecule has 1 atom stereocenters. The molecule has 2 saturated heterocycles. The molecule has 2 amide bonds. The van der Waals surface area contributed by atoms with Crippen molar-refractivity contribution in [1.82, 2.24) is 9.88 Å². The van der Waals surface area contributed by atoms with Gasteiger partial charge in [0.15, 0.2) is 0 Å². The molecule has 0 radical (unpaired) electrons. The summed E-state index contributed by atoms with van der Waals surface area (Å²) in [6.45, 7) is 6.46. The largest absolute Gasteiger partial charge is 0.465 e. The average Bonchev–Trinajstić information content (AvgIpc) is 3.04. The Balaban J connectivity index is 1.50. The molecule has 2 N–H and O–H groups in total. The smallest absolute Gasteiger partial charge is 0.411 e. The van der Waals surface area contributed by atoms with Gasteiger partial charge >= 0.3 is 6.09 Å². The van der Waals surface area contributed by atoms with Crippen molar-refractivity contribution in [2.24, 2.45) is 5.41 Å². The van der Waals surface area contributed by atoms with E-state index in [1.54, 1.807) is 13.1 Å². The Morgan fingerprint density at radius 1 is 1.26 bits per heavy atom. The van der Waals surface area contributed by atoms with E-state index < -0.39 is 6.09 Å². The Morgan fingerprint density at radius 2 is 2.00 bits per heavy atom. The van der Waals surface area contributed by atoms with E-state index in [4.69, 9.17) is 0 Å². The van der Waals surface area contributed by atoms with Crippen LogP contribution in [-0.4, -0.2) is 70.4 Å². The molecule has 2 aliphatic heterocycles. The third-order valence-electron chi connectivity index (χ3n) is 7.42. The van der Waals surface area contributed by atoms with Crippen LogP contribution in [0.5, 0.6) is 0 Å². The molecule has 3 fully saturated rings. The number of nitrogens with zero attached hydrogens (tertiary/aromatic N) is 4. The molecule has 4 rings (SSSR count). The highest BCUT2D eigenvalue weighted by Gasteiger charge is 2.50. The fourth-order valence-corrected chi connectivity index (χ4v) is 5.72. The lowest BCUT2D eigenvalue weighted by atomic mass is 9.78. The standard InChI is InChI=1S/C23H34N4O4/c1-3-26(22(30)31)18-13-16(2)20(24-14-18)25-11-4-9-23(15-25)10-12-27(21(23)29)17-5-7-19(28)8-6-17/h13-14,17,19,28H,3-12,15H2,1-2H3,(H,30,31). The van der Waals surface area contributed by atoms with Gasteiger partial charge in [0.05, 0.1) is 23.4 Å². The minimum atomic E-state index is -0.986. The van der Waals surface area contributed by atoms with E-state index in [0.717, 1.165) is 69.4 Å². The molecule has 0 bridgehead atoms. The highest BCUT2D eigenvalue weighted by atomic mass is 16.4. The normalized spacial score (nSPS) is 28.9. The van der Waals surface area contributed by atoms with Crippen LogP contribution in [0.1, 0.15) is 57.4 Å². The summed E-state index contributed by atoms with van der Waals surface area (Å²) in [7, 11) is 0. The first kappa shape index (κ1) is 21.9. The summed E-state index contributed by atoms with van der Waals surface area (Å²) in [5.41, 5.74) is 1.15. The van der Waals surface area contributed by atoms with Crippen LogP contribution in [0.3, 0.4) is 0 Å². The van der Waals surface area contributed by atoms with Crippen LogP contribution >= 0.6 is 0 Å². The zero-order valence-electron chi connectivity index (χ0n) is 18.6. The van der Waals surface area contributed by atoms with Crippen molar-refractivity contribution >= 4 is 23.5 Å². The first-order chi connectivity index (χ1) is 14.8. The van der Waals surface area contributed by atoms with Crippen LogP contribution in [0.25, 0.3) is 0 Å². The van der Waals surface area contributed by atoms with Crippen LogP contribution in [-0.2, 0) is 4.79 Å². The summed E-state index contributed by atoms with van der Waals surface area (Å²) < 4.78 is 0. The van der Waals surface area contributed by atoms with Crippen molar-refractivity contribution in [3.63, 3.8) is 0 Å². The highest BCUT2D eigenvalue weighted by molar-refractivity contribution is 5.87. The Kier molecular flexibility index (Phi) is 6.10. The van der Waals surface area contributed by atoms with E-state index in [1.165, 1.54) is 4.90 Å². The van der Waals surface area contributed by atoms with Gasteiger partial charge in [-0.15, -0.1) is 0 Å². The summed E-state index contributed by atoms with van der Waals surface area (Å²) in [6.07, 6.45) is 6.52. The van der Waals surface area contributed by atoms with Gasteiger partial charge in [0, 0.05) is 32.2 Å². The number of hydrogen-bond donors (Lipinski definition) is 2. The molecular formula is C23H34N4O4. The predicted octanol–water partition coefficient (Wildman–Crippen LogP) is 3.02. The van der Waals surface area contributed by atoms with Gasteiger partial charge in [0.2, 0.25) is 5.91 Å². The van der Waals surface area contributed by atoms with Gasteiger partial charge in [-0.2, -0.15) is 0 Å². The number of carbonyl (C=O) groups is 2. The summed E-state index contributed by atoms with van der Waals surface area (Å²) in [6, 6.07) is 2.14. The lowest BCUT2D eigenvalue weighted by Crippen LogP contribution is -2.50. The fourth-order valence-electron chi connectivity index (χ4n) is 5.72. The molecule has 31 heavy (non-hydrogen) atoms. The zero-order chi connectivity index (χ0) is 22.2. The molecule has 170 valence electrons. The highest BCUT2D eigenvalue weighted by Crippen LogP contribution is 2.43. The van der Waals surface area contributed by atoms with Crippen molar-refractivity contribution < 1.29 is 19.8 Å². The number of aromatic nitrogens is 1. The molecule has 1 aliphatic carbocycles. The number of likely N-dealkylation sites (tertiary alicyclic amines) is 1. The number of aryl methyl sites for hydroxylation is 1. The molecule has 3 aliphatic rings. The molecular weight excluding hydrogens is 396 g/mol. The monoisotopic (exact) mass is 430 g/mol. The third-order valence-corrected chi connectivity index (χ3v) is 7.42. The Morgan fingerprint density at radius 3 is 2.65 bits per heavy atom. The van der Waals surface area contributed by atoms with Crippen molar-refractivity contribution in [2.75, 3.05) is 36.0 Å². The van der Waals surface area contributed by atoms with Crippen LogP contribution < -0.4 is 9.80 Å². The minimum absolute atomic E-state index is 0.213. The first-order valence-corrected chi connectivity index (χ1v) is 11.6. The lowest BCUT2D eigenvalue weighted by Gasteiger charge is -2.41. The number of hydrogen-bond acceptors (Lipinski definition) is 5. The first-order valence-electron chi connectivity index (χ1n) is 11.6. The van der Waals surface area contributed by atoms with Crippen molar-refractivity contribution in [2.45, 2.75) is 70.9 Å².